The van der Waals surface area contributed by atoms with E-state index in [1.807, 2.05) is 0 Å². The highest BCUT2D eigenvalue weighted by atomic mass is 35.5. The van der Waals surface area contributed by atoms with Crippen molar-refractivity contribution in [2.24, 2.45) is 0 Å². The third kappa shape index (κ3) is 8.47. The molecule has 2 heterocycles. The van der Waals surface area contributed by atoms with E-state index in [1.165, 1.54) is 25.5 Å². The van der Waals surface area contributed by atoms with Gasteiger partial charge in [-0.15, -0.1) is 11.6 Å². The molecule has 0 aromatic rings. The number of hydrogen-bond donors (Lipinski definition) is 0. The molecule has 2 aliphatic rings. The molecule has 0 bridgehead atoms. The van der Waals surface area contributed by atoms with Crippen LogP contribution in [0.15, 0.2) is 12.8 Å². The molecule has 2 atom stereocenters. The second-order valence-corrected chi connectivity index (χ2v) is 4.83. The van der Waals surface area contributed by atoms with Gasteiger partial charge in [-0.25, -0.2) is 0 Å². The minimum Gasteiger partial charge on any atom is -0.473 e. The van der Waals surface area contributed by atoms with Crippen molar-refractivity contribution >= 4 is 11.6 Å². The Hall–Kier alpha value is -0.290. The third-order valence-corrected chi connectivity index (χ3v) is 3.06. The Kier molecular flexibility index (Phi) is 10.2. The molecule has 4 nitrogen and oxygen atoms in total. The van der Waals surface area contributed by atoms with Gasteiger partial charge in [-0.3, -0.25) is 0 Å². The van der Waals surface area contributed by atoms with E-state index in [-0.39, 0.29) is 12.6 Å². The molecule has 2 saturated heterocycles. The van der Waals surface area contributed by atoms with Crippen molar-refractivity contribution in [2.45, 2.75) is 51.1 Å². The maximum atomic E-state index is 5.44. The van der Waals surface area contributed by atoms with Gasteiger partial charge >= 0.3 is 0 Å². The van der Waals surface area contributed by atoms with Gasteiger partial charge in [0.25, 0.3) is 0 Å². The lowest BCUT2D eigenvalue weighted by Crippen LogP contribution is -2.22. The average Bonchev–Trinajstić information content (AvgIpc) is 2.48. The molecule has 5 heteroatoms. The van der Waals surface area contributed by atoms with E-state index in [1.54, 1.807) is 0 Å². The zero-order valence-electron chi connectivity index (χ0n) is 11.5. The molecule has 0 N–H and O–H groups in total. The van der Waals surface area contributed by atoms with Crippen LogP contribution in [-0.4, -0.2) is 38.3 Å². The molecule has 19 heavy (non-hydrogen) atoms. The van der Waals surface area contributed by atoms with Crippen molar-refractivity contribution in [3.05, 3.63) is 12.8 Å². The monoisotopic (exact) mass is 292 g/mol. The summed E-state index contributed by atoms with van der Waals surface area (Å²) in [6.45, 7) is 5.73. The van der Waals surface area contributed by atoms with E-state index in [9.17, 15) is 0 Å². The topological polar surface area (TPSA) is 36.9 Å². The Morgan fingerprint density at radius 3 is 2.16 bits per heavy atom. The minimum atomic E-state index is -0.0174. The molecule has 0 spiro atoms. The van der Waals surface area contributed by atoms with E-state index in [0.29, 0.717) is 12.5 Å². The largest absolute Gasteiger partial charge is 0.473 e. The second kappa shape index (κ2) is 11.5. The van der Waals surface area contributed by atoms with Crippen molar-refractivity contribution < 1.29 is 18.9 Å². The first-order valence-electron chi connectivity index (χ1n) is 7.04. The quantitative estimate of drug-likeness (QED) is 0.574. The van der Waals surface area contributed by atoms with Crippen LogP contribution in [-0.2, 0) is 18.9 Å². The summed E-state index contributed by atoms with van der Waals surface area (Å²) in [5.41, 5.74) is 0. The van der Waals surface area contributed by atoms with Gasteiger partial charge in [0, 0.05) is 18.9 Å². The van der Waals surface area contributed by atoms with Crippen molar-refractivity contribution in [1.82, 2.24) is 0 Å². The van der Waals surface area contributed by atoms with Crippen molar-refractivity contribution in [2.75, 3.05) is 25.7 Å². The lowest BCUT2D eigenvalue weighted by atomic mass is 10.2. The molecule has 2 unspecified atom stereocenters. The van der Waals surface area contributed by atoms with Crippen molar-refractivity contribution in [3.63, 3.8) is 0 Å². The van der Waals surface area contributed by atoms with E-state index >= 15 is 0 Å². The summed E-state index contributed by atoms with van der Waals surface area (Å²) in [6.07, 6.45) is 8.23. The summed E-state index contributed by atoms with van der Waals surface area (Å²) >= 11 is 5.44. The standard InChI is InChI=1S/C7H13ClO2.C7H12O2/c8-4-6-10-7-3-1-2-5-9-7;1-2-8-7-5-3-4-6-9-7/h7H,1-6H2;2,7H,1,3-6H2. The number of hydrogen-bond acceptors (Lipinski definition) is 4. The maximum absolute atomic E-state index is 5.44. The molecule has 2 fully saturated rings. The van der Waals surface area contributed by atoms with E-state index in [2.05, 4.69) is 6.58 Å². The second-order valence-electron chi connectivity index (χ2n) is 4.45. The average molecular weight is 293 g/mol. The first-order chi connectivity index (χ1) is 9.36. The first-order valence-corrected chi connectivity index (χ1v) is 7.57. The molecule has 0 aliphatic carbocycles. The Labute approximate surface area is 121 Å². The van der Waals surface area contributed by atoms with E-state index < -0.39 is 0 Å². The predicted octanol–water partition coefficient (Wildman–Crippen LogP) is 3.44. The van der Waals surface area contributed by atoms with Crippen LogP contribution in [0.2, 0.25) is 0 Å². The Bertz CT molecular complexity index is 213. The zero-order chi connectivity index (χ0) is 13.8. The summed E-state index contributed by atoms with van der Waals surface area (Å²) in [7, 11) is 0. The van der Waals surface area contributed by atoms with Crippen LogP contribution < -0.4 is 0 Å². The molecule has 0 aromatic carbocycles. The van der Waals surface area contributed by atoms with Crippen LogP contribution in [0.3, 0.4) is 0 Å². The molecular weight excluding hydrogens is 268 g/mol. The molecule has 2 rings (SSSR count). The van der Waals surface area contributed by atoms with Gasteiger partial charge in [-0.1, -0.05) is 6.58 Å². The van der Waals surface area contributed by atoms with Crippen molar-refractivity contribution in [1.29, 1.82) is 0 Å². The van der Waals surface area contributed by atoms with Crippen LogP contribution in [0.5, 0.6) is 0 Å². The Morgan fingerprint density at radius 2 is 1.68 bits per heavy atom. The van der Waals surface area contributed by atoms with Crippen LogP contribution in [0.4, 0.5) is 0 Å². The Morgan fingerprint density at radius 1 is 1.05 bits per heavy atom. The summed E-state index contributed by atoms with van der Waals surface area (Å²) in [5.74, 6) is 0.555. The SMILES string of the molecule is C=COC1CCCCO1.ClCCOC1CCCCO1. The lowest BCUT2D eigenvalue weighted by molar-refractivity contribution is -0.158. The van der Waals surface area contributed by atoms with Gasteiger partial charge in [0.1, 0.15) is 0 Å². The summed E-state index contributed by atoms with van der Waals surface area (Å²) in [4.78, 5) is 0. The van der Waals surface area contributed by atoms with Crippen molar-refractivity contribution in [3.8, 4) is 0 Å². The molecule has 0 radical (unpaired) electrons. The fourth-order valence-electron chi connectivity index (χ4n) is 1.94. The van der Waals surface area contributed by atoms with Gasteiger partial charge in [0.2, 0.25) is 0 Å². The zero-order valence-corrected chi connectivity index (χ0v) is 12.3. The van der Waals surface area contributed by atoms with Gasteiger partial charge < -0.3 is 18.9 Å². The van der Waals surface area contributed by atoms with Gasteiger partial charge in [0.15, 0.2) is 12.6 Å². The summed E-state index contributed by atoms with van der Waals surface area (Å²) in [6, 6.07) is 0. The molecule has 2 aliphatic heterocycles. The lowest BCUT2D eigenvalue weighted by Gasteiger charge is -2.21. The summed E-state index contributed by atoms with van der Waals surface area (Å²) < 4.78 is 20.8. The highest BCUT2D eigenvalue weighted by Crippen LogP contribution is 2.13. The number of alkyl halides is 1. The number of rotatable bonds is 5. The first kappa shape index (κ1) is 16.8. The fourth-order valence-corrected chi connectivity index (χ4v) is 2.03. The molecule has 0 aromatic heterocycles. The molecule has 0 amide bonds. The van der Waals surface area contributed by atoms with Crippen LogP contribution >= 0.6 is 11.6 Å². The molecule has 0 saturated carbocycles. The predicted molar refractivity (Wildman–Crippen MR) is 75.1 cm³/mol. The molecule has 112 valence electrons. The van der Waals surface area contributed by atoms with E-state index in [0.717, 1.165) is 32.5 Å². The number of ether oxygens (including phenoxy) is 4. The highest BCUT2D eigenvalue weighted by Gasteiger charge is 2.13. The van der Waals surface area contributed by atoms with Crippen LogP contribution in [0.25, 0.3) is 0 Å². The smallest absolute Gasteiger partial charge is 0.198 e. The van der Waals surface area contributed by atoms with E-state index in [4.69, 9.17) is 30.5 Å². The van der Waals surface area contributed by atoms with Gasteiger partial charge in [0.05, 0.1) is 19.5 Å². The maximum Gasteiger partial charge on any atom is 0.198 e. The highest BCUT2D eigenvalue weighted by molar-refractivity contribution is 6.17. The number of halogens is 1. The van der Waals surface area contributed by atoms with Crippen LogP contribution in [0, 0.1) is 0 Å². The Balaban J connectivity index is 0.000000191. The van der Waals surface area contributed by atoms with Gasteiger partial charge in [-0.05, 0) is 32.1 Å². The summed E-state index contributed by atoms with van der Waals surface area (Å²) in [5, 5.41) is 0. The van der Waals surface area contributed by atoms with Crippen LogP contribution in [0.1, 0.15) is 38.5 Å². The normalized spacial score (nSPS) is 27.0. The fraction of sp³-hybridized carbons (Fsp3) is 0.857. The van der Waals surface area contributed by atoms with Gasteiger partial charge in [-0.2, -0.15) is 0 Å². The minimum absolute atomic E-state index is 0.0174. The molecular formula is C14H25ClO4. The third-order valence-electron chi connectivity index (χ3n) is 2.90.